The van der Waals surface area contributed by atoms with Crippen LogP contribution in [0.3, 0.4) is 0 Å². The van der Waals surface area contributed by atoms with Gasteiger partial charge in [-0.15, -0.1) is 10.2 Å². The Morgan fingerprint density at radius 1 is 1.07 bits per heavy atom. The Morgan fingerprint density at radius 3 is 2.41 bits per heavy atom. The number of hydrogen-bond donors (Lipinski definition) is 1. The molecule has 0 fully saturated rings. The van der Waals surface area contributed by atoms with E-state index < -0.39 is 0 Å². The summed E-state index contributed by atoms with van der Waals surface area (Å²) in [7, 11) is 3.54. The molecule has 0 saturated heterocycles. The van der Waals surface area contributed by atoms with Crippen molar-refractivity contribution in [2.45, 2.75) is 37.1 Å². The maximum atomic E-state index is 12.7. The number of methoxy groups -OCH3 is 1. The number of para-hydroxylation sites is 1. The predicted octanol–water partition coefficient (Wildman–Crippen LogP) is 4.73. The van der Waals surface area contributed by atoms with Crippen molar-refractivity contribution in [3.05, 3.63) is 54.1 Å². The highest BCUT2D eigenvalue weighted by atomic mass is 32.2. The van der Waals surface area contributed by atoms with Gasteiger partial charge in [-0.05, 0) is 48.7 Å². The number of hydrogen-bond acceptors (Lipinski definition) is 5. The third-order valence-electron chi connectivity index (χ3n) is 4.68. The molecule has 2 aromatic carbocycles. The summed E-state index contributed by atoms with van der Waals surface area (Å²) >= 11 is 1.39. The fourth-order valence-electron chi connectivity index (χ4n) is 2.97. The van der Waals surface area contributed by atoms with Crippen LogP contribution >= 0.6 is 11.8 Å². The fourth-order valence-corrected chi connectivity index (χ4v) is 3.78. The molecule has 0 saturated carbocycles. The summed E-state index contributed by atoms with van der Waals surface area (Å²) in [4.78, 5) is 12.7. The number of carbonyl (C=O) groups excluding carboxylic acids is 1. The molecule has 3 rings (SSSR count). The molecule has 0 radical (unpaired) electrons. The minimum Gasteiger partial charge on any atom is -0.497 e. The summed E-state index contributed by atoms with van der Waals surface area (Å²) < 4.78 is 7.10. The van der Waals surface area contributed by atoms with Gasteiger partial charge >= 0.3 is 0 Å². The minimum absolute atomic E-state index is 0.0582. The quantitative estimate of drug-likeness (QED) is 0.570. The second-order valence-corrected chi connectivity index (χ2v) is 8.39. The van der Waals surface area contributed by atoms with Crippen molar-refractivity contribution >= 4 is 23.4 Å². The number of amides is 1. The molecule has 0 unspecified atom stereocenters. The monoisotopic (exact) mass is 410 g/mol. The Bertz CT molecular complexity index is 983. The van der Waals surface area contributed by atoms with E-state index in [1.165, 1.54) is 11.8 Å². The van der Waals surface area contributed by atoms with Gasteiger partial charge in [-0.25, -0.2) is 0 Å². The maximum Gasteiger partial charge on any atom is 0.237 e. The number of thioether (sulfide) groups is 1. The summed E-state index contributed by atoms with van der Waals surface area (Å²) in [5.41, 5.74) is 2.92. The molecule has 1 amide bonds. The lowest BCUT2D eigenvalue weighted by molar-refractivity contribution is -0.115. The van der Waals surface area contributed by atoms with Crippen LogP contribution in [0.2, 0.25) is 0 Å². The van der Waals surface area contributed by atoms with E-state index in [0.29, 0.717) is 11.1 Å². The molecule has 3 aromatic rings. The molecule has 1 N–H and O–H groups in total. The van der Waals surface area contributed by atoms with Crippen LogP contribution in [0.5, 0.6) is 5.75 Å². The zero-order chi connectivity index (χ0) is 21.0. The first-order valence-corrected chi connectivity index (χ1v) is 10.4. The van der Waals surface area contributed by atoms with E-state index in [1.807, 2.05) is 67.1 Å². The SMILES string of the molecule is COc1ccc(-c2nnc(S[C@H](C)C(=O)Nc3ccccc3C(C)C)n2C)cc1. The number of nitrogens with zero attached hydrogens (tertiary/aromatic N) is 3. The maximum absolute atomic E-state index is 12.7. The Morgan fingerprint density at radius 2 is 1.76 bits per heavy atom. The highest BCUT2D eigenvalue weighted by Crippen LogP contribution is 2.28. The van der Waals surface area contributed by atoms with Crippen molar-refractivity contribution in [3.8, 4) is 17.1 Å². The second kappa shape index (κ2) is 9.13. The van der Waals surface area contributed by atoms with Crippen molar-refractivity contribution in [2.75, 3.05) is 12.4 Å². The van der Waals surface area contributed by atoms with Crippen LogP contribution in [0.25, 0.3) is 11.4 Å². The highest BCUT2D eigenvalue weighted by molar-refractivity contribution is 8.00. The average molecular weight is 411 g/mol. The van der Waals surface area contributed by atoms with Crippen LogP contribution in [0.1, 0.15) is 32.3 Å². The number of aromatic nitrogens is 3. The van der Waals surface area contributed by atoms with Crippen LogP contribution in [-0.2, 0) is 11.8 Å². The third-order valence-corrected chi connectivity index (χ3v) is 5.81. The zero-order valence-electron chi connectivity index (χ0n) is 17.3. The lowest BCUT2D eigenvalue weighted by Crippen LogP contribution is -2.23. The molecular weight excluding hydrogens is 384 g/mol. The van der Waals surface area contributed by atoms with Gasteiger partial charge in [-0.2, -0.15) is 0 Å². The molecule has 29 heavy (non-hydrogen) atoms. The first kappa shape index (κ1) is 20.9. The minimum atomic E-state index is -0.318. The van der Waals surface area contributed by atoms with E-state index in [2.05, 4.69) is 29.4 Å². The summed E-state index contributed by atoms with van der Waals surface area (Å²) in [5, 5.41) is 12.0. The molecule has 7 heteroatoms. The molecule has 1 heterocycles. The Hall–Kier alpha value is -2.80. The molecule has 0 bridgehead atoms. The Labute approximate surface area is 175 Å². The van der Waals surface area contributed by atoms with Crippen LogP contribution in [-0.4, -0.2) is 33.0 Å². The standard InChI is InChI=1S/C22H26N4O2S/c1-14(2)18-8-6-7-9-19(18)23-21(27)15(3)29-22-25-24-20(26(22)4)16-10-12-17(28-5)13-11-16/h6-15H,1-5H3,(H,23,27)/t15-/m1/s1. The largest absolute Gasteiger partial charge is 0.497 e. The second-order valence-electron chi connectivity index (χ2n) is 7.08. The van der Waals surface area contributed by atoms with Gasteiger partial charge < -0.3 is 14.6 Å². The van der Waals surface area contributed by atoms with Crippen molar-refractivity contribution in [2.24, 2.45) is 7.05 Å². The summed E-state index contributed by atoms with van der Waals surface area (Å²) in [6.45, 7) is 6.10. The number of anilines is 1. The number of ether oxygens (including phenoxy) is 1. The van der Waals surface area contributed by atoms with Gasteiger partial charge in [0, 0.05) is 18.3 Å². The average Bonchev–Trinajstić information content (AvgIpc) is 3.08. The van der Waals surface area contributed by atoms with Crippen LogP contribution < -0.4 is 10.1 Å². The van der Waals surface area contributed by atoms with Crippen LogP contribution in [0.15, 0.2) is 53.7 Å². The van der Waals surface area contributed by atoms with Crippen molar-refractivity contribution in [1.82, 2.24) is 14.8 Å². The number of benzene rings is 2. The Kier molecular flexibility index (Phi) is 6.59. The van der Waals surface area contributed by atoms with Crippen molar-refractivity contribution in [3.63, 3.8) is 0 Å². The molecular formula is C22H26N4O2S. The molecule has 0 aliphatic heterocycles. The smallest absolute Gasteiger partial charge is 0.237 e. The van der Waals surface area contributed by atoms with E-state index >= 15 is 0 Å². The lowest BCUT2D eigenvalue weighted by atomic mass is 10.0. The first-order chi connectivity index (χ1) is 13.9. The first-order valence-electron chi connectivity index (χ1n) is 9.51. The van der Waals surface area contributed by atoms with Gasteiger partial charge in [0.25, 0.3) is 0 Å². The summed E-state index contributed by atoms with van der Waals surface area (Å²) in [6, 6.07) is 15.6. The molecule has 0 aliphatic carbocycles. The van der Waals surface area contributed by atoms with E-state index in [9.17, 15) is 4.79 Å². The van der Waals surface area contributed by atoms with Gasteiger partial charge in [0.05, 0.1) is 12.4 Å². The summed E-state index contributed by atoms with van der Waals surface area (Å²) in [6.07, 6.45) is 0. The fraction of sp³-hybridized carbons (Fsp3) is 0.318. The molecule has 0 spiro atoms. The van der Waals surface area contributed by atoms with Gasteiger partial charge in [-0.3, -0.25) is 4.79 Å². The van der Waals surface area contributed by atoms with Gasteiger partial charge in [-0.1, -0.05) is 43.8 Å². The van der Waals surface area contributed by atoms with Crippen LogP contribution in [0, 0.1) is 0 Å². The molecule has 152 valence electrons. The molecule has 0 aliphatic rings. The molecule has 1 atom stereocenters. The van der Waals surface area contributed by atoms with Crippen molar-refractivity contribution < 1.29 is 9.53 Å². The Balaban J connectivity index is 1.71. The summed E-state index contributed by atoms with van der Waals surface area (Å²) in [5.74, 6) is 1.81. The number of carbonyl (C=O) groups is 1. The highest BCUT2D eigenvalue weighted by Gasteiger charge is 2.20. The van der Waals surface area contributed by atoms with Gasteiger partial charge in [0.1, 0.15) is 5.75 Å². The third kappa shape index (κ3) is 4.79. The lowest BCUT2D eigenvalue weighted by Gasteiger charge is -2.16. The number of nitrogens with one attached hydrogen (secondary N) is 1. The molecule has 1 aromatic heterocycles. The number of rotatable bonds is 7. The normalized spacial score (nSPS) is 12.1. The topological polar surface area (TPSA) is 69.0 Å². The van der Waals surface area contributed by atoms with E-state index in [1.54, 1.807) is 7.11 Å². The van der Waals surface area contributed by atoms with E-state index in [-0.39, 0.29) is 11.2 Å². The van der Waals surface area contributed by atoms with Gasteiger partial charge in [0.15, 0.2) is 11.0 Å². The predicted molar refractivity (Wildman–Crippen MR) is 117 cm³/mol. The van der Waals surface area contributed by atoms with E-state index in [0.717, 1.165) is 28.4 Å². The van der Waals surface area contributed by atoms with Crippen molar-refractivity contribution in [1.29, 1.82) is 0 Å². The van der Waals surface area contributed by atoms with Gasteiger partial charge in [0.2, 0.25) is 5.91 Å². The molecule has 6 nitrogen and oxygen atoms in total. The zero-order valence-corrected chi connectivity index (χ0v) is 18.2. The van der Waals surface area contributed by atoms with E-state index in [4.69, 9.17) is 4.74 Å². The van der Waals surface area contributed by atoms with Crippen LogP contribution in [0.4, 0.5) is 5.69 Å².